The topological polar surface area (TPSA) is 31.0 Å². The number of rotatable bonds is 4. The van der Waals surface area contributed by atoms with Crippen LogP contribution in [0.15, 0.2) is 186 Å². The zero-order valence-corrected chi connectivity index (χ0v) is 28.1. The van der Waals surface area contributed by atoms with Gasteiger partial charge in [0.15, 0.2) is 0 Å². The van der Waals surface area contributed by atoms with Gasteiger partial charge in [0, 0.05) is 49.0 Å². The molecule has 0 saturated heterocycles. The smallest absolute Gasteiger partial charge is 0.136 e. The van der Waals surface area contributed by atoms with Gasteiger partial charge in [-0.05, 0) is 70.8 Å². The Morgan fingerprint density at radius 1 is 0.365 bits per heavy atom. The van der Waals surface area contributed by atoms with Crippen molar-refractivity contribution in [2.75, 3.05) is 0 Å². The first kappa shape index (κ1) is 28.8. The number of furan rings is 1. The third-order valence-corrected chi connectivity index (χ3v) is 10.6. The highest BCUT2D eigenvalue weighted by atomic mass is 16.3. The minimum atomic E-state index is 0.891. The van der Waals surface area contributed by atoms with Crippen LogP contribution in [0.3, 0.4) is 0 Å². The second-order valence-electron chi connectivity index (χ2n) is 13.5. The van der Waals surface area contributed by atoms with Crippen LogP contribution >= 0.6 is 0 Å². The molecule has 8 aromatic carbocycles. The molecule has 0 fully saturated rings. The van der Waals surface area contributed by atoms with Crippen molar-refractivity contribution in [3.8, 4) is 39.2 Å². The standard InChI is InChI=1S/C49H30N2O/c1-3-11-33(12-4-1)49-41-27-28-46-48(40-16-8-10-18-45(40)52-46)47(41)39-26-24-34(29-42(39)50-49)31-19-21-32(22-20-31)35-23-25-38-37-15-7-9-17-43(37)51(44(38)30-35)36-13-5-2-6-14-36/h1-30H. The molecular formula is C49H30N2O. The third kappa shape index (κ3) is 4.36. The van der Waals surface area contributed by atoms with Crippen molar-refractivity contribution in [3.63, 3.8) is 0 Å². The second-order valence-corrected chi connectivity index (χ2v) is 13.5. The summed E-state index contributed by atoms with van der Waals surface area (Å²) in [7, 11) is 0. The lowest BCUT2D eigenvalue weighted by Crippen LogP contribution is -1.93. The highest BCUT2D eigenvalue weighted by Gasteiger charge is 2.18. The zero-order chi connectivity index (χ0) is 34.2. The molecule has 0 unspecified atom stereocenters. The Labute approximate surface area is 299 Å². The summed E-state index contributed by atoms with van der Waals surface area (Å²) in [4.78, 5) is 5.34. The van der Waals surface area contributed by atoms with E-state index in [0.717, 1.165) is 66.3 Å². The number of hydrogen-bond acceptors (Lipinski definition) is 2. The normalized spacial score (nSPS) is 11.8. The number of pyridine rings is 1. The quantitative estimate of drug-likeness (QED) is 0.176. The lowest BCUT2D eigenvalue weighted by atomic mass is 9.94. The van der Waals surface area contributed by atoms with Gasteiger partial charge in [-0.2, -0.15) is 0 Å². The summed E-state index contributed by atoms with van der Waals surface area (Å²) in [5.74, 6) is 0. The van der Waals surface area contributed by atoms with Gasteiger partial charge in [-0.3, -0.25) is 0 Å². The van der Waals surface area contributed by atoms with Crippen LogP contribution in [0.5, 0.6) is 0 Å². The summed E-state index contributed by atoms with van der Waals surface area (Å²) >= 11 is 0. The Bertz CT molecular complexity index is 3150. The number of benzene rings is 8. The first-order valence-corrected chi connectivity index (χ1v) is 17.7. The Balaban J connectivity index is 1.05. The van der Waals surface area contributed by atoms with Crippen molar-refractivity contribution >= 4 is 65.4 Å². The Morgan fingerprint density at radius 2 is 0.962 bits per heavy atom. The maximum Gasteiger partial charge on any atom is 0.136 e. The van der Waals surface area contributed by atoms with Gasteiger partial charge in [-0.1, -0.05) is 133 Å². The van der Waals surface area contributed by atoms with Crippen molar-refractivity contribution in [1.29, 1.82) is 0 Å². The highest BCUT2D eigenvalue weighted by molar-refractivity contribution is 6.28. The van der Waals surface area contributed by atoms with E-state index in [4.69, 9.17) is 9.40 Å². The van der Waals surface area contributed by atoms with Crippen molar-refractivity contribution in [2.45, 2.75) is 0 Å². The predicted molar refractivity (Wildman–Crippen MR) is 217 cm³/mol. The molecule has 0 bridgehead atoms. The molecule has 0 radical (unpaired) electrons. The van der Waals surface area contributed by atoms with Gasteiger partial charge in [0.25, 0.3) is 0 Å². The third-order valence-electron chi connectivity index (χ3n) is 10.6. The SMILES string of the molecule is c1ccc(-c2nc3cc(-c4ccc(-c5ccc6c7ccccc7n(-c7ccccc7)c6c5)cc4)ccc3c3c2ccc2oc4ccccc4c23)cc1. The van der Waals surface area contributed by atoms with E-state index in [9.17, 15) is 0 Å². The highest BCUT2D eigenvalue weighted by Crippen LogP contribution is 2.42. The van der Waals surface area contributed by atoms with Crippen LogP contribution in [-0.4, -0.2) is 9.55 Å². The molecule has 0 aliphatic rings. The first-order chi connectivity index (χ1) is 25.8. The minimum Gasteiger partial charge on any atom is -0.456 e. The lowest BCUT2D eigenvalue weighted by Gasteiger charge is -2.13. The predicted octanol–water partition coefficient (Wildman–Crippen LogP) is 13.4. The summed E-state index contributed by atoms with van der Waals surface area (Å²) in [5.41, 5.74) is 13.1. The second kappa shape index (κ2) is 11.3. The Morgan fingerprint density at radius 3 is 1.75 bits per heavy atom. The summed E-state index contributed by atoms with van der Waals surface area (Å²) < 4.78 is 8.72. The largest absolute Gasteiger partial charge is 0.456 e. The monoisotopic (exact) mass is 662 g/mol. The molecular weight excluding hydrogens is 633 g/mol. The van der Waals surface area contributed by atoms with Crippen LogP contribution in [0.2, 0.25) is 0 Å². The molecule has 0 amide bonds. The van der Waals surface area contributed by atoms with E-state index in [2.05, 4.69) is 174 Å². The molecule has 11 aromatic rings. The molecule has 0 spiro atoms. The molecule has 0 aliphatic heterocycles. The molecule has 0 aliphatic carbocycles. The summed E-state index contributed by atoms with van der Waals surface area (Å²) in [6, 6.07) is 64.8. The molecule has 3 heterocycles. The minimum absolute atomic E-state index is 0.891. The van der Waals surface area contributed by atoms with Crippen LogP contribution in [-0.2, 0) is 0 Å². The molecule has 11 rings (SSSR count). The molecule has 0 saturated carbocycles. The molecule has 0 atom stereocenters. The molecule has 3 nitrogen and oxygen atoms in total. The van der Waals surface area contributed by atoms with Crippen LogP contribution in [0.4, 0.5) is 0 Å². The number of fused-ring (bicyclic) bond motifs is 10. The van der Waals surface area contributed by atoms with Crippen LogP contribution in [0, 0.1) is 0 Å². The number of aromatic nitrogens is 2. The van der Waals surface area contributed by atoms with E-state index in [1.807, 2.05) is 12.1 Å². The molecule has 0 N–H and O–H groups in total. The van der Waals surface area contributed by atoms with E-state index < -0.39 is 0 Å². The van der Waals surface area contributed by atoms with Gasteiger partial charge in [-0.15, -0.1) is 0 Å². The average molecular weight is 663 g/mol. The van der Waals surface area contributed by atoms with Crippen molar-refractivity contribution in [1.82, 2.24) is 9.55 Å². The van der Waals surface area contributed by atoms with Gasteiger partial charge in [-0.25, -0.2) is 4.98 Å². The Hall–Kier alpha value is -6.97. The van der Waals surface area contributed by atoms with Crippen molar-refractivity contribution in [2.24, 2.45) is 0 Å². The molecule has 3 aromatic heterocycles. The maximum absolute atomic E-state index is 6.34. The van der Waals surface area contributed by atoms with Gasteiger partial charge in [0.05, 0.1) is 22.2 Å². The number of para-hydroxylation sites is 3. The van der Waals surface area contributed by atoms with Gasteiger partial charge in [0.1, 0.15) is 11.2 Å². The van der Waals surface area contributed by atoms with E-state index in [0.29, 0.717) is 0 Å². The van der Waals surface area contributed by atoms with Gasteiger partial charge in [0.2, 0.25) is 0 Å². The van der Waals surface area contributed by atoms with E-state index in [-0.39, 0.29) is 0 Å². The summed E-state index contributed by atoms with van der Waals surface area (Å²) in [5, 5.41) is 8.20. The molecule has 242 valence electrons. The fraction of sp³-hybridized carbons (Fsp3) is 0. The summed E-state index contributed by atoms with van der Waals surface area (Å²) in [6.07, 6.45) is 0. The maximum atomic E-state index is 6.34. The van der Waals surface area contributed by atoms with Crippen molar-refractivity contribution < 1.29 is 4.42 Å². The lowest BCUT2D eigenvalue weighted by molar-refractivity contribution is 0.669. The molecule has 52 heavy (non-hydrogen) atoms. The van der Waals surface area contributed by atoms with Gasteiger partial charge >= 0.3 is 0 Å². The van der Waals surface area contributed by atoms with Crippen LogP contribution in [0.1, 0.15) is 0 Å². The summed E-state index contributed by atoms with van der Waals surface area (Å²) in [6.45, 7) is 0. The van der Waals surface area contributed by atoms with Crippen LogP contribution < -0.4 is 0 Å². The zero-order valence-electron chi connectivity index (χ0n) is 28.1. The fourth-order valence-corrected chi connectivity index (χ4v) is 8.17. The van der Waals surface area contributed by atoms with Gasteiger partial charge < -0.3 is 8.98 Å². The number of nitrogens with zero attached hydrogens (tertiary/aromatic N) is 2. The average Bonchev–Trinajstić information content (AvgIpc) is 3.76. The first-order valence-electron chi connectivity index (χ1n) is 17.7. The van der Waals surface area contributed by atoms with E-state index >= 15 is 0 Å². The Kier molecular flexibility index (Phi) is 6.25. The van der Waals surface area contributed by atoms with Crippen molar-refractivity contribution in [3.05, 3.63) is 182 Å². The fourth-order valence-electron chi connectivity index (χ4n) is 8.17. The van der Waals surface area contributed by atoms with E-state index in [1.54, 1.807) is 0 Å². The number of hydrogen-bond donors (Lipinski definition) is 0. The van der Waals surface area contributed by atoms with Crippen LogP contribution in [0.25, 0.3) is 105 Å². The molecule has 3 heteroatoms. The van der Waals surface area contributed by atoms with E-state index in [1.165, 1.54) is 38.3 Å².